The van der Waals surface area contributed by atoms with E-state index in [1.165, 1.54) is 0 Å². The molecule has 0 radical (unpaired) electrons. The van der Waals surface area contributed by atoms with Crippen LogP contribution in [0.2, 0.25) is 0 Å². The van der Waals surface area contributed by atoms with Gasteiger partial charge in [0, 0.05) is 24.2 Å². The van der Waals surface area contributed by atoms with Crippen molar-refractivity contribution in [1.82, 2.24) is 0 Å². The highest BCUT2D eigenvalue weighted by Gasteiger charge is 2.03. The summed E-state index contributed by atoms with van der Waals surface area (Å²) in [6.07, 6.45) is 2.58. The van der Waals surface area contributed by atoms with E-state index in [0.717, 1.165) is 24.2 Å². The summed E-state index contributed by atoms with van der Waals surface area (Å²) in [6, 6.07) is 7.07. The van der Waals surface area contributed by atoms with E-state index in [1.54, 1.807) is 31.2 Å². The predicted molar refractivity (Wildman–Crippen MR) is 76.9 cm³/mol. The van der Waals surface area contributed by atoms with Crippen molar-refractivity contribution in [3.8, 4) is 0 Å². The number of carbonyl (C=O) groups is 2. The lowest BCUT2D eigenvalue weighted by Crippen LogP contribution is -2.12. The fourth-order valence-corrected chi connectivity index (χ4v) is 1.54. The van der Waals surface area contributed by atoms with Gasteiger partial charge in [-0.1, -0.05) is 6.92 Å². The highest BCUT2D eigenvalue weighted by atomic mass is 16.2. The second kappa shape index (κ2) is 8.26. The zero-order valence-corrected chi connectivity index (χ0v) is 11.2. The number of nitrogens with two attached hydrogens (primary N) is 1. The third kappa shape index (κ3) is 6.01. The number of unbranched alkanes of at least 4 members (excludes halogenated alkanes) is 1. The molecular formula is C14H21N3O2. The van der Waals surface area contributed by atoms with Gasteiger partial charge in [-0.3, -0.25) is 9.59 Å². The molecule has 0 unspecified atom stereocenters. The van der Waals surface area contributed by atoms with Crippen LogP contribution in [0.3, 0.4) is 0 Å². The summed E-state index contributed by atoms with van der Waals surface area (Å²) in [5.74, 6) is -0.0441. The first-order valence-corrected chi connectivity index (χ1v) is 6.55. The van der Waals surface area contributed by atoms with Crippen LogP contribution >= 0.6 is 0 Å². The molecule has 5 nitrogen and oxygen atoms in total. The summed E-state index contributed by atoms with van der Waals surface area (Å²) >= 11 is 0. The first-order valence-electron chi connectivity index (χ1n) is 6.55. The number of carbonyl (C=O) groups excluding carboxylic acids is 2. The molecule has 0 aliphatic carbocycles. The normalized spacial score (nSPS) is 10.0. The lowest BCUT2D eigenvalue weighted by atomic mass is 10.2. The first kappa shape index (κ1) is 15.2. The maximum Gasteiger partial charge on any atom is 0.224 e. The molecule has 0 saturated carbocycles. The van der Waals surface area contributed by atoms with Gasteiger partial charge in [0.05, 0.1) is 0 Å². The van der Waals surface area contributed by atoms with E-state index in [9.17, 15) is 9.59 Å². The van der Waals surface area contributed by atoms with Crippen LogP contribution in [0.4, 0.5) is 11.4 Å². The number of benzene rings is 1. The summed E-state index contributed by atoms with van der Waals surface area (Å²) in [5.41, 5.74) is 6.83. The smallest absolute Gasteiger partial charge is 0.224 e. The molecule has 0 spiro atoms. The molecule has 2 amide bonds. The van der Waals surface area contributed by atoms with Crippen molar-refractivity contribution in [1.29, 1.82) is 0 Å². The Morgan fingerprint density at radius 1 is 1.00 bits per heavy atom. The van der Waals surface area contributed by atoms with Gasteiger partial charge in [-0.25, -0.2) is 0 Å². The Morgan fingerprint density at radius 3 is 2.00 bits per heavy atom. The van der Waals surface area contributed by atoms with Crippen LogP contribution in [0.1, 0.15) is 32.6 Å². The summed E-state index contributed by atoms with van der Waals surface area (Å²) in [6.45, 7) is 2.41. The first-order chi connectivity index (χ1) is 9.15. The topological polar surface area (TPSA) is 84.2 Å². The zero-order valence-electron chi connectivity index (χ0n) is 11.2. The lowest BCUT2D eigenvalue weighted by Gasteiger charge is -2.07. The fraction of sp³-hybridized carbons (Fsp3) is 0.429. The molecule has 0 saturated heterocycles. The zero-order chi connectivity index (χ0) is 14.1. The molecule has 0 aliphatic heterocycles. The quantitative estimate of drug-likeness (QED) is 0.659. The van der Waals surface area contributed by atoms with Gasteiger partial charge in [-0.05, 0) is 43.7 Å². The molecule has 4 N–H and O–H groups in total. The molecule has 0 heterocycles. The molecule has 104 valence electrons. The Morgan fingerprint density at radius 2 is 1.53 bits per heavy atom. The Hall–Kier alpha value is -1.88. The highest BCUT2D eigenvalue weighted by molar-refractivity contribution is 5.92. The summed E-state index contributed by atoms with van der Waals surface area (Å²) in [5, 5.41) is 5.55. The van der Waals surface area contributed by atoms with Crippen molar-refractivity contribution < 1.29 is 9.59 Å². The number of amides is 2. The van der Waals surface area contributed by atoms with E-state index in [1.807, 2.05) is 0 Å². The van der Waals surface area contributed by atoms with E-state index in [-0.39, 0.29) is 11.8 Å². The Kier molecular flexibility index (Phi) is 6.60. The Balaban J connectivity index is 2.43. The molecule has 1 aromatic carbocycles. The standard InChI is InChI=1S/C14H21N3O2/c1-2-13(18)16-11-6-8-12(9-7-11)17-14(19)5-3-4-10-15/h6-9H,2-5,10,15H2,1H3,(H,16,18)(H,17,19). The van der Waals surface area contributed by atoms with Gasteiger partial charge in [-0.2, -0.15) is 0 Å². The molecule has 0 fully saturated rings. The molecule has 1 rings (SSSR count). The number of hydrogen-bond acceptors (Lipinski definition) is 3. The number of nitrogens with one attached hydrogen (secondary N) is 2. The van der Waals surface area contributed by atoms with Crippen LogP contribution in [0, 0.1) is 0 Å². The maximum atomic E-state index is 11.6. The van der Waals surface area contributed by atoms with Gasteiger partial charge >= 0.3 is 0 Å². The van der Waals surface area contributed by atoms with Crippen LogP contribution < -0.4 is 16.4 Å². The van der Waals surface area contributed by atoms with Gasteiger partial charge < -0.3 is 16.4 Å². The largest absolute Gasteiger partial charge is 0.330 e. The Bertz CT molecular complexity index is 415. The number of hydrogen-bond donors (Lipinski definition) is 3. The molecule has 5 heteroatoms. The molecule has 19 heavy (non-hydrogen) atoms. The van der Waals surface area contributed by atoms with Gasteiger partial charge in [0.15, 0.2) is 0 Å². The number of anilines is 2. The summed E-state index contributed by atoms with van der Waals surface area (Å²) < 4.78 is 0. The van der Waals surface area contributed by atoms with Crippen molar-refractivity contribution in [2.75, 3.05) is 17.2 Å². The van der Waals surface area contributed by atoms with E-state index in [4.69, 9.17) is 5.73 Å². The third-order valence-electron chi connectivity index (χ3n) is 2.63. The van der Waals surface area contributed by atoms with Crippen molar-refractivity contribution in [3.63, 3.8) is 0 Å². The molecule has 0 aliphatic rings. The fourth-order valence-electron chi connectivity index (χ4n) is 1.54. The third-order valence-corrected chi connectivity index (χ3v) is 2.63. The summed E-state index contributed by atoms with van der Waals surface area (Å²) in [7, 11) is 0. The minimum atomic E-state index is -0.0291. The van der Waals surface area contributed by atoms with Gasteiger partial charge in [0.1, 0.15) is 0 Å². The average Bonchev–Trinajstić information content (AvgIpc) is 2.41. The SMILES string of the molecule is CCC(=O)Nc1ccc(NC(=O)CCCCN)cc1. The van der Waals surface area contributed by atoms with Crippen molar-refractivity contribution in [2.45, 2.75) is 32.6 Å². The lowest BCUT2D eigenvalue weighted by molar-refractivity contribution is -0.117. The van der Waals surface area contributed by atoms with Crippen LogP contribution in [0.25, 0.3) is 0 Å². The molecule has 1 aromatic rings. The van der Waals surface area contributed by atoms with Gasteiger partial charge in [0.2, 0.25) is 11.8 Å². The predicted octanol–water partition coefficient (Wildman–Crippen LogP) is 2.10. The maximum absolute atomic E-state index is 11.6. The van der Waals surface area contributed by atoms with Crippen LogP contribution in [-0.2, 0) is 9.59 Å². The van der Waals surface area contributed by atoms with E-state index in [2.05, 4.69) is 10.6 Å². The van der Waals surface area contributed by atoms with Crippen LogP contribution in [0.5, 0.6) is 0 Å². The number of rotatable bonds is 7. The van der Waals surface area contributed by atoms with Crippen LogP contribution in [-0.4, -0.2) is 18.4 Å². The Labute approximate surface area is 113 Å². The monoisotopic (exact) mass is 263 g/mol. The van der Waals surface area contributed by atoms with Crippen molar-refractivity contribution in [2.24, 2.45) is 5.73 Å². The molecular weight excluding hydrogens is 242 g/mol. The van der Waals surface area contributed by atoms with E-state index in [0.29, 0.717) is 19.4 Å². The van der Waals surface area contributed by atoms with E-state index >= 15 is 0 Å². The van der Waals surface area contributed by atoms with E-state index < -0.39 is 0 Å². The molecule has 0 aromatic heterocycles. The highest BCUT2D eigenvalue weighted by Crippen LogP contribution is 2.14. The van der Waals surface area contributed by atoms with Gasteiger partial charge in [0.25, 0.3) is 0 Å². The average molecular weight is 263 g/mol. The minimum Gasteiger partial charge on any atom is -0.330 e. The second-order valence-corrected chi connectivity index (χ2v) is 4.27. The van der Waals surface area contributed by atoms with Crippen LogP contribution in [0.15, 0.2) is 24.3 Å². The minimum absolute atomic E-state index is 0.0150. The van der Waals surface area contributed by atoms with Crippen molar-refractivity contribution >= 4 is 23.2 Å². The summed E-state index contributed by atoms with van der Waals surface area (Å²) in [4.78, 5) is 22.8. The molecule has 0 atom stereocenters. The second-order valence-electron chi connectivity index (χ2n) is 4.27. The molecule has 0 bridgehead atoms. The van der Waals surface area contributed by atoms with Crippen molar-refractivity contribution in [3.05, 3.63) is 24.3 Å². The van der Waals surface area contributed by atoms with Gasteiger partial charge in [-0.15, -0.1) is 0 Å².